The van der Waals surface area contributed by atoms with Gasteiger partial charge in [0.15, 0.2) is 0 Å². The average Bonchev–Trinajstić information content (AvgIpc) is 2.89. The fourth-order valence-electron chi connectivity index (χ4n) is 4.08. The summed E-state index contributed by atoms with van der Waals surface area (Å²) in [6.45, 7) is 1.20. The van der Waals surface area contributed by atoms with Gasteiger partial charge in [0.25, 0.3) is 5.91 Å². The van der Waals surface area contributed by atoms with E-state index in [2.05, 4.69) is 19.9 Å². The van der Waals surface area contributed by atoms with E-state index in [9.17, 15) is 9.18 Å². The molecule has 1 atom stereocenters. The summed E-state index contributed by atoms with van der Waals surface area (Å²) in [5, 5.41) is 0. The molecule has 4 heterocycles. The van der Waals surface area contributed by atoms with Crippen molar-refractivity contribution in [2.24, 2.45) is 0 Å². The second-order valence-electron chi connectivity index (χ2n) is 8.09. The van der Waals surface area contributed by atoms with Gasteiger partial charge in [-0.2, -0.15) is 0 Å². The van der Waals surface area contributed by atoms with Crippen LogP contribution in [0, 0.1) is 5.82 Å². The molecule has 0 bridgehead atoms. The molecule has 1 fully saturated rings. The Morgan fingerprint density at radius 3 is 2.68 bits per heavy atom. The Morgan fingerprint density at radius 2 is 1.82 bits per heavy atom. The number of likely N-dealkylation sites (tertiary alicyclic amines) is 1. The van der Waals surface area contributed by atoms with E-state index in [0.717, 1.165) is 24.1 Å². The molecular formula is C26H22FN5O2. The van der Waals surface area contributed by atoms with Crippen LogP contribution in [0.2, 0.25) is 0 Å². The van der Waals surface area contributed by atoms with E-state index in [4.69, 9.17) is 4.74 Å². The number of ether oxygens (including phenoxy) is 1. The van der Waals surface area contributed by atoms with E-state index in [1.807, 2.05) is 29.2 Å². The van der Waals surface area contributed by atoms with Crippen molar-refractivity contribution in [2.45, 2.75) is 18.8 Å². The molecule has 1 saturated heterocycles. The summed E-state index contributed by atoms with van der Waals surface area (Å²) in [7, 11) is 0. The number of nitrogens with zero attached hydrogens (tertiary/aromatic N) is 5. The number of carbonyl (C=O) groups is 1. The minimum Gasteiger partial charge on any atom is -0.439 e. The fourth-order valence-corrected chi connectivity index (χ4v) is 4.08. The van der Waals surface area contributed by atoms with Crippen molar-refractivity contribution in [3.8, 4) is 22.9 Å². The zero-order valence-electron chi connectivity index (χ0n) is 18.3. The Balaban J connectivity index is 1.31. The second-order valence-corrected chi connectivity index (χ2v) is 8.09. The number of aromatic nitrogens is 4. The number of hydrogen-bond donors (Lipinski definition) is 0. The molecule has 34 heavy (non-hydrogen) atoms. The van der Waals surface area contributed by atoms with Crippen LogP contribution in [0.25, 0.3) is 11.3 Å². The first-order valence-electron chi connectivity index (χ1n) is 11.1. The molecule has 3 aromatic heterocycles. The molecule has 1 aliphatic rings. The summed E-state index contributed by atoms with van der Waals surface area (Å²) >= 11 is 0. The van der Waals surface area contributed by atoms with Crippen molar-refractivity contribution in [1.82, 2.24) is 24.8 Å². The molecule has 0 saturated carbocycles. The highest BCUT2D eigenvalue weighted by Crippen LogP contribution is 2.29. The van der Waals surface area contributed by atoms with E-state index in [1.165, 1.54) is 18.5 Å². The highest BCUT2D eigenvalue weighted by molar-refractivity contribution is 5.93. The van der Waals surface area contributed by atoms with Gasteiger partial charge in [-0.05, 0) is 43.2 Å². The normalized spacial score (nSPS) is 15.7. The van der Waals surface area contributed by atoms with Crippen molar-refractivity contribution >= 4 is 5.91 Å². The van der Waals surface area contributed by atoms with Gasteiger partial charge in [-0.25, -0.2) is 24.3 Å². The molecule has 170 valence electrons. The zero-order chi connectivity index (χ0) is 23.3. The van der Waals surface area contributed by atoms with E-state index < -0.39 is 0 Å². The first-order valence-corrected chi connectivity index (χ1v) is 11.1. The van der Waals surface area contributed by atoms with Gasteiger partial charge in [0.05, 0.1) is 5.69 Å². The summed E-state index contributed by atoms with van der Waals surface area (Å²) in [6.07, 6.45) is 6.57. The molecule has 1 aliphatic heterocycles. The average molecular weight is 455 g/mol. The molecule has 0 aliphatic carbocycles. The first kappa shape index (κ1) is 21.6. The molecule has 0 spiro atoms. The number of benzene rings is 1. The summed E-state index contributed by atoms with van der Waals surface area (Å²) < 4.78 is 19.2. The van der Waals surface area contributed by atoms with E-state index in [0.29, 0.717) is 36.1 Å². The van der Waals surface area contributed by atoms with Gasteiger partial charge in [0.1, 0.15) is 23.6 Å². The van der Waals surface area contributed by atoms with Gasteiger partial charge >= 0.3 is 0 Å². The van der Waals surface area contributed by atoms with Crippen LogP contribution in [-0.2, 0) is 0 Å². The van der Waals surface area contributed by atoms with Gasteiger partial charge in [-0.3, -0.25) is 4.79 Å². The van der Waals surface area contributed by atoms with E-state index in [1.54, 1.807) is 36.7 Å². The van der Waals surface area contributed by atoms with Gasteiger partial charge in [-0.15, -0.1) is 0 Å². The third kappa shape index (κ3) is 4.91. The number of carbonyl (C=O) groups excluding carboxylic acids is 1. The molecular weight excluding hydrogens is 433 g/mol. The van der Waals surface area contributed by atoms with E-state index >= 15 is 0 Å². The number of hydrogen-bond acceptors (Lipinski definition) is 6. The number of piperidine rings is 1. The number of halogens is 1. The highest BCUT2D eigenvalue weighted by Gasteiger charge is 2.27. The van der Waals surface area contributed by atoms with Crippen LogP contribution < -0.4 is 4.74 Å². The summed E-state index contributed by atoms with van der Waals surface area (Å²) in [5.74, 6) is 0.369. The summed E-state index contributed by atoms with van der Waals surface area (Å²) in [5.41, 5.74) is 2.64. The topological polar surface area (TPSA) is 81.1 Å². The Morgan fingerprint density at radius 1 is 1.00 bits per heavy atom. The van der Waals surface area contributed by atoms with Crippen molar-refractivity contribution in [3.63, 3.8) is 0 Å². The molecule has 0 N–H and O–H groups in total. The number of rotatable bonds is 5. The fraction of sp³-hybridized carbons (Fsp3) is 0.192. The Kier molecular flexibility index (Phi) is 6.20. The number of pyridine rings is 2. The molecule has 1 aromatic carbocycles. The standard InChI is InChI=1S/C26H22FN5O2/c27-20-6-1-7-21(13-20)34-25-11-3-9-22(31-25)18-5-4-12-32(16-18)26(33)24-10-2-8-23(30-24)19-14-28-17-29-15-19/h1-3,6-11,13-15,17-18H,4-5,12,16H2/t18-/m0/s1. The molecule has 7 nitrogen and oxygen atoms in total. The van der Waals surface area contributed by atoms with Crippen LogP contribution in [0.1, 0.15) is 34.9 Å². The van der Waals surface area contributed by atoms with Crippen LogP contribution in [0.4, 0.5) is 4.39 Å². The van der Waals surface area contributed by atoms with Crippen LogP contribution in [0.3, 0.4) is 0 Å². The monoisotopic (exact) mass is 455 g/mol. The van der Waals surface area contributed by atoms with Crippen LogP contribution in [0.5, 0.6) is 11.6 Å². The molecule has 0 radical (unpaired) electrons. The quantitative estimate of drug-likeness (QED) is 0.426. The lowest BCUT2D eigenvalue weighted by atomic mass is 9.94. The molecule has 8 heteroatoms. The predicted molar refractivity (Wildman–Crippen MR) is 124 cm³/mol. The van der Waals surface area contributed by atoms with Gasteiger partial charge in [0.2, 0.25) is 5.88 Å². The summed E-state index contributed by atoms with van der Waals surface area (Å²) in [6, 6.07) is 16.9. The highest BCUT2D eigenvalue weighted by atomic mass is 19.1. The van der Waals surface area contributed by atoms with Crippen molar-refractivity contribution in [3.05, 3.63) is 96.6 Å². The third-order valence-corrected chi connectivity index (χ3v) is 5.72. The van der Waals surface area contributed by atoms with Crippen LogP contribution in [-0.4, -0.2) is 43.8 Å². The molecule has 1 amide bonds. The SMILES string of the molecule is O=C(c1cccc(-c2cncnc2)n1)N1CCC[C@H](c2cccc(Oc3cccc(F)c3)n2)C1. The third-order valence-electron chi connectivity index (χ3n) is 5.72. The van der Waals surface area contributed by atoms with Crippen molar-refractivity contribution in [1.29, 1.82) is 0 Å². The Labute approximate surface area is 196 Å². The smallest absolute Gasteiger partial charge is 0.272 e. The largest absolute Gasteiger partial charge is 0.439 e. The zero-order valence-corrected chi connectivity index (χ0v) is 18.3. The second kappa shape index (κ2) is 9.74. The first-order chi connectivity index (χ1) is 16.7. The lowest BCUT2D eigenvalue weighted by Crippen LogP contribution is -2.39. The molecule has 0 unspecified atom stereocenters. The lowest BCUT2D eigenvalue weighted by molar-refractivity contribution is 0.0700. The maximum absolute atomic E-state index is 13.5. The van der Waals surface area contributed by atoms with E-state index in [-0.39, 0.29) is 17.6 Å². The van der Waals surface area contributed by atoms with Crippen molar-refractivity contribution in [2.75, 3.05) is 13.1 Å². The maximum Gasteiger partial charge on any atom is 0.272 e. The van der Waals surface area contributed by atoms with Gasteiger partial charge in [-0.1, -0.05) is 18.2 Å². The van der Waals surface area contributed by atoms with Crippen molar-refractivity contribution < 1.29 is 13.9 Å². The number of amides is 1. The van der Waals surface area contributed by atoms with Gasteiger partial charge < -0.3 is 9.64 Å². The summed E-state index contributed by atoms with van der Waals surface area (Å²) in [4.78, 5) is 32.3. The van der Waals surface area contributed by atoms with Gasteiger partial charge in [0, 0.05) is 54.8 Å². The molecule has 5 rings (SSSR count). The molecule has 4 aromatic rings. The Hall–Kier alpha value is -4.20. The Bertz CT molecular complexity index is 1300. The van der Waals surface area contributed by atoms with Crippen LogP contribution >= 0.6 is 0 Å². The van der Waals surface area contributed by atoms with Crippen LogP contribution in [0.15, 0.2) is 79.4 Å². The predicted octanol–water partition coefficient (Wildman–Crippen LogP) is 4.88. The minimum atomic E-state index is -0.368. The maximum atomic E-state index is 13.5. The lowest BCUT2D eigenvalue weighted by Gasteiger charge is -2.32. The minimum absolute atomic E-state index is 0.0689.